The van der Waals surface area contributed by atoms with Gasteiger partial charge in [-0.3, -0.25) is 0 Å². The highest BCUT2D eigenvalue weighted by atomic mass is 16.5. The molecule has 114 valence electrons. The van der Waals surface area contributed by atoms with E-state index in [-0.39, 0.29) is 0 Å². The van der Waals surface area contributed by atoms with Crippen LogP contribution in [0.2, 0.25) is 0 Å². The van der Waals surface area contributed by atoms with E-state index in [1.807, 2.05) is 37.8 Å². The minimum absolute atomic E-state index is 0.417. The number of nitrogens with zero attached hydrogens (tertiary/aromatic N) is 4. The van der Waals surface area contributed by atoms with Crippen LogP contribution in [0.3, 0.4) is 0 Å². The van der Waals surface area contributed by atoms with Crippen LogP contribution in [0.5, 0.6) is 0 Å². The third-order valence-corrected chi connectivity index (χ3v) is 3.04. The predicted octanol–water partition coefficient (Wildman–Crippen LogP) is 1.44. The lowest BCUT2D eigenvalue weighted by Crippen LogP contribution is -2.12. The number of hydrogen-bond donors (Lipinski definition) is 2. The van der Waals surface area contributed by atoms with E-state index in [1.54, 1.807) is 6.20 Å². The molecule has 0 radical (unpaired) electrons. The van der Waals surface area contributed by atoms with Crippen LogP contribution in [0, 0.1) is 0 Å². The van der Waals surface area contributed by atoms with Gasteiger partial charge in [-0.1, -0.05) is 0 Å². The summed E-state index contributed by atoms with van der Waals surface area (Å²) >= 11 is 0. The molecule has 2 aromatic rings. The molecule has 0 saturated carbocycles. The molecular formula is C14H22N6O. The van der Waals surface area contributed by atoms with E-state index in [2.05, 4.69) is 25.6 Å². The van der Waals surface area contributed by atoms with Gasteiger partial charge in [-0.05, 0) is 6.92 Å². The van der Waals surface area contributed by atoms with Gasteiger partial charge in [0.25, 0.3) is 0 Å². The summed E-state index contributed by atoms with van der Waals surface area (Å²) in [4.78, 5) is 13.1. The first-order chi connectivity index (χ1) is 10.2. The first-order valence-electron chi connectivity index (χ1n) is 7.06. The number of hydrogen-bond acceptors (Lipinski definition) is 6. The Morgan fingerprint density at radius 1 is 1.29 bits per heavy atom. The molecule has 0 saturated heterocycles. The van der Waals surface area contributed by atoms with Crippen LogP contribution in [-0.4, -0.2) is 39.7 Å². The summed E-state index contributed by atoms with van der Waals surface area (Å²) in [5, 5.41) is 6.34. The summed E-state index contributed by atoms with van der Waals surface area (Å²) < 4.78 is 7.37. The van der Waals surface area contributed by atoms with Gasteiger partial charge in [0.1, 0.15) is 24.1 Å². The van der Waals surface area contributed by atoms with Gasteiger partial charge in [-0.15, -0.1) is 0 Å². The van der Waals surface area contributed by atoms with E-state index in [0.717, 1.165) is 30.4 Å². The minimum atomic E-state index is 0.417. The number of imidazole rings is 1. The zero-order chi connectivity index (χ0) is 15.1. The molecule has 0 bridgehead atoms. The topological polar surface area (TPSA) is 76.9 Å². The van der Waals surface area contributed by atoms with E-state index in [1.165, 1.54) is 0 Å². The van der Waals surface area contributed by atoms with Crippen molar-refractivity contribution in [2.75, 3.05) is 30.8 Å². The van der Waals surface area contributed by atoms with Crippen LogP contribution in [0.15, 0.2) is 18.5 Å². The third kappa shape index (κ3) is 4.42. The Morgan fingerprint density at radius 2 is 2.10 bits per heavy atom. The van der Waals surface area contributed by atoms with Crippen LogP contribution >= 0.6 is 0 Å². The largest absolute Gasteiger partial charge is 0.374 e. The predicted molar refractivity (Wildman–Crippen MR) is 82.3 cm³/mol. The fraction of sp³-hybridized carbons (Fsp3) is 0.500. The quantitative estimate of drug-likeness (QED) is 0.766. The van der Waals surface area contributed by atoms with E-state index in [4.69, 9.17) is 4.74 Å². The molecule has 2 N–H and O–H groups in total. The molecule has 21 heavy (non-hydrogen) atoms. The second kappa shape index (κ2) is 7.58. The Morgan fingerprint density at radius 3 is 2.76 bits per heavy atom. The average molecular weight is 290 g/mol. The zero-order valence-electron chi connectivity index (χ0n) is 12.8. The summed E-state index contributed by atoms with van der Waals surface area (Å²) in [5.41, 5.74) is 0. The molecule has 0 amide bonds. The second-order valence-corrected chi connectivity index (χ2v) is 4.57. The first kappa shape index (κ1) is 15.2. The highest BCUT2D eigenvalue weighted by molar-refractivity contribution is 5.47. The molecule has 0 atom stereocenters. The lowest BCUT2D eigenvalue weighted by atomic mass is 10.4. The summed E-state index contributed by atoms with van der Waals surface area (Å²) in [5.74, 6) is 3.28. The van der Waals surface area contributed by atoms with Crippen LogP contribution in [0.1, 0.15) is 18.6 Å². The summed E-state index contributed by atoms with van der Waals surface area (Å²) in [7, 11) is 3.83. The maximum absolute atomic E-state index is 5.36. The highest BCUT2D eigenvalue weighted by Gasteiger charge is 2.05. The fourth-order valence-electron chi connectivity index (χ4n) is 1.91. The third-order valence-electron chi connectivity index (χ3n) is 3.04. The second-order valence-electron chi connectivity index (χ2n) is 4.57. The molecule has 0 aliphatic heterocycles. The number of anilines is 2. The van der Waals surface area contributed by atoms with Crippen molar-refractivity contribution in [3.8, 4) is 0 Å². The molecule has 0 spiro atoms. The first-order valence-corrected chi connectivity index (χ1v) is 7.06. The number of aromatic nitrogens is 4. The summed E-state index contributed by atoms with van der Waals surface area (Å²) in [6.07, 6.45) is 4.59. The van der Waals surface area contributed by atoms with Crippen molar-refractivity contribution in [1.29, 1.82) is 0 Å². The highest BCUT2D eigenvalue weighted by Crippen LogP contribution is 2.11. The molecule has 2 rings (SSSR count). The molecule has 7 nitrogen and oxygen atoms in total. The SMILES string of the molecule is CCOCc1nc(NC)cc(NCCc2nccn2C)n1. The standard InChI is InChI=1S/C14H22N6O/c1-4-21-10-13-18-11(15-2)9-12(19-13)16-6-5-14-17-7-8-20(14)3/h7-9H,4-6,10H2,1-3H3,(H2,15,16,18,19). The van der Waals surface area contributed by atoms with Gasteiger partial charge >= 0.3 is 0 Å². The maximum atomic E-state index is 5.36. The van der Waals surface area contributed by atoms with E-state index < -0.39 is 0 Å². The molecule has 2 heterocycles. The van der Waals surface area contributed by atoms with E-state index >= 15 is 0 Å². The maximum Gasteiger partial charge on any atom is 0.158 e. The van der Waals surface area contributed by atoms with Gasteiger partial charge in [0.15, 0.2) is 5.82 Å². The number of aryl methyl sites for hydroxylation is 1. The van der Waals surface area contributed by atoms with Crippen LogP contribution < -0.4 is 10.6 Å². The Balaban J connectivity index is 1.96. The minimum Gasteiger partial charge on any atom is -0.374 e. The van der Waals surface area contributed by atoms with Crippen LogP contribution in [0.25, 0.3) is 0 Å². The van der Waals surface area contributed by atoms with Gasteiger partial charge < -0.3 is 19.9 Å². The Hall–Kier alpha value is -2.15. The fourth-order valence-corrected chi connectivity index (χ4v) is 1.91. The van der Waals surface area contributed by atoms with Crippen molar-refractivity contribution >= 4 is 11.6 Å². The molecule has 0 aliphatic rings. The van der Waals surface area contributed by atoms with Crippen molar-refractivity contribution in [1.82, 2.24) is 19.5 Å². The van der Waals surface area contributed by atoms with E-state index in [9.17, 15) is 0 Å². The van der Waals surface area contributed by atoms with Crippen molar-refractivity contribution in [3.05, 3.63) is 30.1 Å². The molecular weight excluding hydrogens is 268 g/mol. The molecule has 0 unspecified atom stereocenters. The summed E-state index contributed by atoms with van der Waals surface area (Å²) in [6.45, 7) is 3.78. The monoisotopic (exact) mass is 290 g/mol. The van der Waals surface area contributed by atoms with Crippen LogP contribution in [-0.2, 0) is 24.8 Å². The Labute approximate surface area is 124 Å². The van der Waals surface area contributed by atoms with Gasteiger partial charge in [0, 0.05) is 52.1 Å². The van der Waals surface area contributed by atoms with Gasteiger partial charge in [-0.2, -0.15) is 0 Å². The van der Waals surface area contributed by atoms with Crippen molar-refractivity contribution in [2.24, 2.45) is 7.05 Å². The Bertz CT molecular complexity index is 568. The van der Waals surface area contributed by atoms with Gasteiger partial charge in [0.05, 0.1) is 0 Å². The summed E-state index contributed by atoms with van der Waals surface area (Å²) in [6, 6.07) is 1.88. The zero-order valence-corrected chi connectivity index (χ0v) is 12.8. The lowest BCUT2D eigenvalue weighted by molar-refractivity contribution is 0.128. The lowest BCUT2D eigenvalue weighted by Gasteiger charge is -2.10. The normalized spacial score (nSPS) is 10.6. The number of nitrogens with one attached hydrogen (secondary N) is 2. The van der Waals surface area contributed by atoms with Crippen LogP contribution in [0.4, 0.5) is 11.6 Å². The number of ether oxygens (including phenoxy) is 1. The molecule has 0 aliphatic carbocycles. The van der Waals surface area contributed by atoms with Gasteiger partial charge in [0.2, 0.25) is 0 Å². The molecule has 2 aromatic heterocycles. The average Bonchev–Trinajstić information content (AvgIpc) is 2.90. The van der Waals surface area contributed by atoms with Crippen molar-refractivity contribution in [2.45, 2.75) is 20.0 Å². The molecule has 0 aromatic carbocycles. The molecule has 0 fully saturated rings. The van der Waals surface area contributed by atoms with Crippen molar-refractivity contribution in [3.63, 3.8) is 0 Å². The van der Waals surface area contributed by atoms with E-state index in [0.29, 0.717) is 19.0 Å². The molecule has 7 heteroatoms. The van der Waals surface area contributed by atoms with Gasteiger partial charge in [-0.25, -0.2) is 15.0 Å². The van der Waals surface area contributed by atoms with Crippen molar-refractivity contribution < 1.29 is 4.74 Å². The number of rotatable bonds is 8. The Kier molecular flexibility index (Phi) is 5.51. The smallest absolute Gasteiger partial charge is 0.158 e.